The molecule has 1 aromatic heterocycles. The molecule has 1 atom stereocenters. The van der Waals surface area contributed by atoms with Crippen molar-refractivity contribution in [3.05, 3.63) is 90.0 Å². The van der Waals surface area contributed by atoms with Crippen LogP contribution in [0.5, 0.6) is 0 Å². The normalized spacial score (nSPS) is 11.4. The van der Waals surface area contributed by atoms with Crippen molar-refractivity contribution in [3.63, 3.8) is 0 Å². The molecule has 8 nitrogen and oxygen atoms in total. The Balaban J connectivity index is 1.57. The van der Waals surface area contributed by atoms with Crippen molar-refractivity contribution in [2.75, 3.05) is 21.3 Å². The van der Waals surface area contributed by atoms with Gasteiger partial charge in [-0.1, -0.05) is 42.0 Å². The quantitative estimate of drug-likeness (QED) is 0.271. The minimum atomic E-state index is -0.735. The smallest absolute Gasteiger partial charge is 0.246 e. The molecule has 0 radical (unpaired) electrons. The topological polar surface area (TPSA) is 104 Å². The van der Waals surface area contributed by atoms with Crippen LogP contribution in [-0.4, -0.2) is 26.9 Å². The van der Waals surface area contributed by atoms with Gasteiger partial charge in [0.25, 0.3) is 0 Å². The zero-order valence-corrected chi connectivity index (χ0v) is 19.0. The summed E-state index contributed by atoms with van der Waals surface area (Å²) >= 11 is 0. The minimum Gasteiger partial charge on any atom is -0.342 e. The third-order valence-corrected chi connectivity index (χ3v) is 4.93. The molecule has 0 bridgehead atoms. The highest BCUT2D eigenvalue weighted by atomic mass is 19.1. The Morgan fingerprint density at radius 2 is 1.23 bits per heavy atom. The number of anilines is 6. The molecule has 3 aromatic carbocycles. The number of amides is 1. The van der Waals surface area contributed by atoms with Gasteiger partial charge in [0, 0.05) is 5.69 Å². The number of hydrogen-bond acceptors (Lipinski definition) is 7. The van der Waals surface area contributed by atoms with E-state index in [0.29, 0.717) is 5.69 Å². The van der Waals surface area contributed by atoms with Crippen molar-refractivity contribution in [3.8, 4) is 0 Å². The Kier molecular flexibility index (Phi) is 7.10. The summed E-state index contributed by atoms with van der Waals surface area (Å²) in [6.45, 7) is 3.59. The molecule has 1 amide bonds. The standard InChI is InChI=1S/C25H23F2N7O/c1-15-11-13-17(14-12-15)29-22(35)16(2)28-23-32-24(30-20-9-5-3-7-18(20)26)34-25(33-23)31-21-10-6-4-8-19(21)27/h3-14,16H,1-2H3,(H,29,35)(H3,28,30,31,32,33,34). The zero-order valence-electron chi connectivity index (χ0n) is 19.0. The van der Waals surface area contributed by atoms with E-state index in [0.717, 1.165) is 5.56 Å². The molecular weight excluding hydrogens is 452 g/mol. The van der Waals surface area contributed by atoms with Crippen LogP contribution < -0.4 is 21.3 Å². The molecule has 178 valence electrons. The number of para-hydroxylation sites is 2. The predicted octanol–water partition coefficient (Wildman–Crippen LogP) is 5.38. The first-order valence-corrected chi connectivity index (χ1v) is 10.8. The Hall–Kier alpha value is -4.60. The van der Waals surface area contributed by atoms with Crippen molar-refractivity contribution < 1.29 is 13.6 Å². The lowest BCUT2D eigenvalue weighted by molar-refractivity contribution is -0.116. The molecule has 0 saturated heterocycles. The van der Waals surface area contributed by atoms with Crippen LogP contribution in [0.3, 0.4) is 0 Å². The van der Waals surface area contributed by atoms with Crippen molar-refractivity contribution in [2.24, 2.45) is 0 Å². The number of nitrogens with zero attached hydrogens (tertiary/aromatic N) is 3. The van der Waals surface area contributed by atoms with Gasteiger partial charge in [0.05, 0.1) is 11.4 Å². The van der Waals surface area contributed by atoms with Gasteiger partial charge in [0.1, 0.15) is 17.7 Å². The Labute approximate surface area is 200 Å². The predicted molar refractivity (Wildman–Crippen MR) is 132 cm³/mol. The van der Waals surface area contributed by atoms with Gasteiger partial charge < -0.3 is 21.3 Å². The summed E-state index contributed by atoms with van der Waals surface area (Å²) in [4.78, 5) is 25.4. The highest BCUT2D eigenvalue weighted by molar-refractivity contribution is 5.96. The molecule has 0 aliphatic heterocycles. The fourth-order valence-corrected chi connectivity index (χ4v) is 3.06. The van der Waals surface area contributed by atoms with Crippen molar-refractivity contribution >= 4 is 40.8 Å². The molecule has 4 rings (SSSR count). The second-order valence-corrected chi connectivity index (χ2v) is 7.74. The first kappa shape index (κ1) is 23.6. The molecule has 4 aromatic rings. The third-order valence-electron chi connectivity index (χ3n) is 4.93. The van der Waals surface area contributed by atoms with Gasteiger partial charge in [-0.3, -0.25) is 4.79 Å². The molecule has 0 saturated carbocycles. The minimum absolute atomic E-state index is 0.00224. The zero-order chi connectivity index (χ0) is 24.8. The number of aromatic nitrogens is 3. The molecule has 4 N–H and O–H groups in total. The lowest BCUT2D eigenvalue weighted by Gasteiger charge is -2.16. The van der Waals surface area contributed by atoms with E-state index in [9.17, 15) is 13.6 Å². The second kappa shape index (κ2) is 10.6. The third kappa shape index (κ3) is 6.26. The fraction of sp³-hybridized carbons (Fsp3) is 0.120. The van der Waals surface area contributed by atoms with E-state index >= 15 is 0 Å². The molecule has 1 heterocycles. The van der Waals surface area contributed by atoms with Crippen LogP contribution in [0.4, 0.5) is 43.7 Å². The number of carbonyl (C=O) groups excluding carboxylic acids is 1. The summed E-state index contributed by atoms with van der Waals surface area (Å²) in [6.07, 6.45) is 0. The van der Waals surface area contributed by atoms with E-state index in [-0.39, 0.29) is 35.1 Å². The number of hydrogen-bond donors (Lipinski definition) is 4. The maximum atomic E-state index is 14.2. The average molecular weight is 476 g/mol. The van der Waals surface area contributed by atoms with Crippen molar-refractivity contribution in [1.82, 2.24) is 15.0 Å². The van der Waals surface area contributed by atoms with Gasteiger partial charge in [-0.25, -0.2) is 8.78 Å². The first-order valence-electron chi connectivity index (χ1n) is 10.8. The van der Waals surface area contributed by atoms with Crippen LogP contribution in [0.1, 0.15) is 12.5 Å². The summed E-state index contributed by atoms with van der Waals surface area (Å²) in [6, 6.07) is 18.7. The van der Waals surface area contributed by atoms with Gasteiger partial charge >= 0.3 is 0 Å². The van der Waals surface area contributed by atoms with E-state index in [1.807, 2.05) is 19.1 Å². The number of nitrogens with one attached hydrogen (secondary N) is 4. The van der Waals surface area contributed by atoms with Gasteiger partial charge in [-0.05, 0) is 50.2 Å². The number of aryl methyl sites for hydroxylation is 1. The molecule has 10 heteroatoms. The van der Waals surface area contributed by atoms with Crippen LogP contribution in [0.15, 0.2) is 72.8 Å². The summed E-state index contributed by atoms with van der Waals surface area (Å²) < 4.78 is 28.3. The van der Waals surface area contributed by atoms with Gasteiger partial charge in [-0.15, -0.1) is 0 Å². The maximum Gasteiger partial charge on any atom is 0.246 e. The van der Waals surface area contributed by atoms with E-state index in [2.05, 4.69) is 36.2 Å². The van der Waals surface area contributed by atoms with E-state index in [4.69, 9.17) is 0 Å². The summed E-state index contributed by atoms with van der Waals surface area (Å²) in [5.41, 5.74) is 2.01. The maximum absolute atomic E-state index is 14.2. The van der Waals surface area contributed by atoms with Gasteiger partial charge in [-0.2, -0.15) is 15.0 Å². The highest BCUT2D eigenvalue weighted by Crippen LogP contribution is 2.22. The molecule has 1 unspecified atom stereocenters. The van der Waals surface area contributed by atoms with Crippen LogP contribution >= 0.6 is 0 Å². The molecule has 35 heavy (non-hydrogen) atoms. The second-order valence-electron chi connectivity index (χ2n) is 7.74. The number of halogens is 2. The van der Waals surface area contributed by atoms with Crippen molar-refractivity contribution in [1.29, 1.82) is 0 Å². The SMILES string of the molecule is Cc1ccc(NC(=O)C(C)Nc2nc(Nc3ccccc3F)nc(Nc3ccccc3F)n2)cc1. The van der Waals surface area contributed by atoms with Crippen LogP contribution in [0, 0.1) is 18.6 Å². The van der Waals surface area contributed by atoms with Crippen LogP contribution in [0.25, 0.3) is 0 Å². The molecular formula is C25H23F2N7O. The Bertz CT molecular complexity index is 1270. The monoisotopic (exact) mass is 475 g/mol. The lowest BCUT2D eigenvalue weighted by Crippen LogP contribution is -2.32. The molecule has 0 aliphatic rings. The summed E-state index contributed by atoms with van der Waals surface area (Å²) in [5.74, 6) is -1.30. The average Bonchev–Trinajstić information content (AvgIpc) is 2.83. The number of carbonyl (C=O) groups is 1. The largest absolute Gasteiger partial charge is 0.342 e. The molecule has 0 aliphatic carbocycles. The number of benzene rings is 3. The van der Waals surface area contributed by atoms with E-state index < -0.39 is 17.7 Å². The van der Waals surface area contributed by atoms with Crippen molar-refractivity contribution in [2.45, 2.75) is 19.9 Å². The molecule has 0 fully saturated rings. The summed E-state index contributed by atoms with van der Waals surface area (Å²) in [5, 5.41) is 11.3. The van der Waals surface area contributed by atoms with Gasteiger partial charge in [0.15, 0.2) is 0 Å². The highest BCUT2D eigenvalue weighted by Gasteiger charge is 2.17. The van der Waals surface area contributed by atoms with Gasteiger partial charge in [0.2, 0.25) is 23.8 Å². The Morgan fingerprint density at radius 3 is 1.74 bits per heavy atom. The fourth-order valence-electron chi connectivity index (χ4n) is 3.06. The van der Waals surface area contributed by atoms with E-state index in [1.54, 1.807) is 43.3 Å². The van der Waals surface area contributed by atoms with Crippen LogP contribution in [-0.2, 0) is 4.79 Å². The lowest BCUT2D eigenvalue weighted by atomic mass is 10.2. The molecule has 0 spiro atoms. The summed E-state index contributed by atoms with van der Waals surface area (Å²) in [7, 11) is 0. The first-order chi connectivity index (χ1) is 16.9. The Morgan fingerprint density at radius 1 is 0.743 bits per heavy atom. The van der Waals surface area contributed by atoms with E-state index in [1.165, 1.54) is 24.3 Å². The van der Waals surface area contributed by atoms with Crippen LogP contribution in [0.2, 0.25) is 0 Å². The number of rotatable bonds is 8.